The molecule has 1 fully saturated rings. The molecule has 1 heterocycles. The summed E-state index contributed by atoms with van der Waals surface area (Å²) in [5, 5.41) is 45.2. The van der Waals surface area contributed by atoms with Crippen LogP contribution in [-0.4, -0.2) is 86.2 Å². The second kappa shape index (κ2) is 7.81. The molecule has 0 aromatic heterocycles. The van der Waals surface area contributed by atoms with Crippen molar-refractivity contribution in [3.63, 3.8) is 0 Å². The molecule has 0 bridgehead atoms. The van der Waals surface area contributed by atoms with Crippen LogP contribution >= 0.6 is 0 Å². The number of esters is 2. The summed E-state index contributed by atoms with van der Waals surface area (Å²) < 4.78 is 8.92. The summed E-state index contributed by atoms with van der Waals surface area (Å²) in [6.07, 6.45) is -9.09. The van der Waals surface area contributed by atoms with Crippen molar-refractivity contribution < 1.29 is 59.0 Å². The number of ketones is 1. The predicted molar refractivity (Wildman–Crippen MR) is 67.2 cm³/mol. The minimum Gasteiger partial charge on any atom is -0.481 e. The first kappa shape index (κ1) is 19.5. The maximum atomic E-state index is 11.7. The number of aliphatic hydroxyl groups excluding tert-OH is 3. The standard InChI is InChI=1S/C12H14O12/c13-2-4(14)8-9(7(18)12(22)23-8)24-11(21)6(17)3(10(19)20)1-5(15)16/h3-4,6,8-9,13-14,17H,1-2H2,(H,15,16)(H,19,20)/t3?,4-,6?,8+,9?/m0/s1. The lowest BCUT2D eigenvalue weighted by Crippen LogP contribution is -2.45. The molecule has 12 nitrogen and oxygen atoms in total. The number of Topliss-reactive ketones (excluding diaryl/α,β-unsaturated/α-hetero) is 1. The molecule has 12 heteroatoms. The topological polar surface area (TPSA) is 205 Å². The predicted octanol–water partition coefficient (Wildman–Crippen LogP) is -3.72. The summed E-state index contributed by atoms with van der Waals surface area (Å²) in [5.41, 5.74) is 0. The molecule has 134 valence electrons. The molecule has 0 aromatic rings. The second-order valence-electron chi connectivity index (χ2n) is 4.83. The van der Waals surface area contributed by atoms with Crippen molar-refractivity contribution in [2.75, 3.05) is 6.61 Å². The van der Waals surface area contributed by atoms with Crippen LogP contribution in [0.1, 0.15) is 6.42 Å². The lowest BCUT2D eigenvalue weighted by atomic mass is 9.98. The van der Waals surface area contributed by atoms with E-state index >= 15 is 0 Å². The van der Waals surface area contributed by atoms with Crippen molar-refractivity contribution in [2.24, 2.45) is 5.92 Å². The van der Waals surface area contributed by atoms with Crippen LogP contribution in [0.3, 0.4) is 0 Å². The van der Waals surface area contributed by atoms with E-state index in [1.165, 1.54) is 0 Å². The molecule has 0 spiro atoms. The molecule has 0 radical (unpaired) electrons. The molecular weight excluding hydrogens is 336 g/mol. The Bertz CT molecular complexity index is 554. The second-order valence-corrected chi connectivity index (χ2v) is 4.83. The Kier molecular flexibility index (Phi) is 6.34. The summed E-state index contributed by atoms with van der Waals surface area (Å²) in [6, 6.07) is 0. The maximum absolute atomic E-state index is 11.7. The van der Waals surface area contributed by atoms with Crippen LogP contribution in [0, 0.1) is 5.92 Å². The molecule has 1 rings (SSSR count). The van der Waals surface area contributed by atoms with Gasteiger partial charge < -0.3 is 35.0 Å². The van der Waals surface area contributed by atoms with E-state index in [0.717, 1.165) is 0 Å². The molecule has 1 aliphatic heterocycles. The van der Waals surface area contributed by atoms with E-state index in [-0.39, 0.29) is 0 Å². The Morgan fingerprint density at radius 2 is 1.75 bits per heavy atom. The highest BCUT2D eigenvalue weighted by Crippen LogP contribution is 2.21. The molecule has 3 unspecified atom stereocenters. The average Bonchev–Trinajstić information content (AvgIpc) is 2.78. The van der Waals surface area contributed by atoms with Gasteiger partial charge in [-0.1, -0.05) is 0 Å². The zero-order valence-electron chi connectivity index (χ0n) is 11.9. The fourth-order valence-corrected chi connectivity index (χ4v) is 1.89. The van der Waals surface area contributed by atoms with Gasteiger partial charge in [0, 0.05) is 0 Å². The highest BCUT2D eigenvalue weighted by atomic mass is 16.6. The van der Waals surface area contributed by atoms with Crippen molar-refractivity contribution in [2.45, 2.75) is 30.8 Å². The van der Waals surface area contributed by atoms with E-state index in [4.69, 9.17) is 15.3 Å². The first-order valence-corrected chi connectivity index (χ1v) is 6.47. The van der Waals surface area contributed by atoms with Crippen LogP contribution in [0.5, 0.6) is 0 Å². The van der Waals surface area contributed by atoms with Crippen molar-refractivity contribution in [3.8, 4) is 0 Å². The molecule has 0 amide bonds. The van der Waals surface area contributed by atoms with Crippen molar-refractivity contribution in [1.29, 1.82) is 0 Å². The summed E-state index contributed by atoms with van der Waals surface area (Å²) in [4.78, 5) is 55.9. The largest absolute Gasteiger partial charge is 0.481 e. The number of cyclic esters (lactones) is 1. The fraction of sp³-hybridized carbons (Fsp3) is 0.583. The lowest BCUT2D eigenvalue weighted by molar-refractivity contribution is -0.175. The van der Waals surface area contributed by atoms with E-state index in [1.54, 1.807) is 0 Å². The van der Waals surface area contributed by atoms with E-state index in [0.29, 0.717) is 0 Å². The molecule has 0 aliphatic carbocycles. The van der Waals surface area contributed by atoms with E-state index in [2.05, 4.69) is 9.47 Å². The van der Waals surface area contributed by atoms with E-state index in [9.17, 15) is 34.2 Å². The third-order valence-electron chi connectivity index (χ3n) is 3.14. The van der Waals surface area contributed by atoms with Crippen LogP contribution in [-0.2, 0) is 33.4 Å². The fourth-order valence-electron chi connectivity index (χ4n) is 1.89. The summed E-state index contributed by atoms with van der Waals surface area (Å²) >= 11 is 0. The zero-order valence-corrected chi connectivity index (χ0v) is 11.9. The van der Waals surface area contributed by atoms with Gasteiger partial charge in [-0.25, -0.2) is 9.59 Å². The minimum absolute atomic E-state index is 0.946. The molecule has 1 aliphatic rings. The first-order chi connectivity index (χ1) is 11.1. The number of aliphatic carboxylic acids is 2. The average molecular weight is 350 g/mol. The summed E-state index contributed by atoms with van der Waals surface area (Å²) in [5.74, 6) is -10.0. The number of hydrogen-bond donors (Lipinski definition) is 5. The van der Waals surface area contributed by atoms with Crippen LogP contribution in [0.4, 0.5) is 0 Å². The van der Waals surface area contributed by atoms with Gasteiger partial charge in [0.15, 0.2) is 12.2 Å². The molecule has 1 saturated heterocycles. The molecule has 5 N–H and O–H groups in total. The summed E-state index contributed by atoms with van der Waals surface area (Å²) in [6.45, 7) is -0.946. The Morgan fingerprint density at radius 3 is 2.21 bits per heavy atom. The number of carbonyl (C=O) groups is 5. The lowest BCUT2D eigenvalue weighted by Gasteiger charge is -2.22. The van der Waals surface area contributed by atoms with Crippen LogP contribution in [0.25, 0.3) is 0 Å². The highest BCUT2D eigenvalue weighted by molar-refractivity contribution is 6.37. The Hall–Kier alpha value is -2.57. The number of rotatable bonds is 8. The number of carboxylic acid groups (broad SMARTS) is 2. The van der Waals surface area contributed by atoms with Gasteiger partial charge in [0.2, 0.25) is 6.10 Å². The van der Waals surface area contributed by atoms with Gasteiger partial charge in [-0.05, 0) is 0 Å². The van der Waals surface area contributed by atoms with E-state index < -0.39 is 73.0 Å². The molecular formula is C12H14O12. The van der Waals surface area contributed by atoms with Gasteiger partial charge in [-0.2, -0.15) is 0 Å². The van der Waals surface area contributed by atoms with Gasteiger partial charge in [0.25, 0.3) is 5.78 Å². The third kappa shape index (κ3) is 4.24. The number of carboxylic acids is 2. The van der Waals surface area contributed by atoms with Gasteiger partial charge in [-0.15, -0.1) is 0 Å². The number of hydrogen-bond acceptors (Lipinski definition) is 10. The van der Waals surface area contributed by atoms with Crippen LogP contribution in [0.2, 0.25) is 0 Å². The normalized spacial score (nSPS) is 24.0. The first-order valence-electron chi connectivity index (χ1n) is 6.47. The van der Waals surface area contributed by atoms with Gasteiger partial charge in [0.1, 0.15) is 12.0 Å². The van der Waals surface area contributed by atoms with Crippen molar-refractivity contribution in [1.82, 2.24) is 0 Å². The molecule has 24 heavy (non-hydrogen) atoms. The number of ether oxygens (including phenoxy) is 2. The quantitative estimate of drug-likeness (QED) is 0.212. The monoisotopic (exact) mass is 350 g/mol. The van der Waals surface area contributed by atoms with Crippen molar-refractivity contribution in [3.05, 3.63) is 0 Å². The third-order valence-corrected chi connectivity index (χ3v) is 3.14. The van der Waals surface area contributed by atoms with Crippen LogP contribution in [0.15, 0.2) is 0 Å². The Morgan fingerprint density at radius 1 is 1.17 bits per heavy atom. The van der Waals surface area contributed by atoms with Gasteiger partial charge >= 0.3 is 23.9 Å². The highest BCUT2D eigenvalue weighted by Gasteiger charge is 2.50. The Labute approximate surface area is 133 Å². The molecule has 0 saturated carbocycles. The maximum Gasteiger partial charge on any atom is 0.379 e. The van der Waals surface area contributed by atoms with E-state index in [1.807, 2.05) is 0 Å². The number of aliphatic hydroxyl groups is 3. The van der Waals surface area contributed by atoms with Crippen LogP contribution < -0.4 is 0 Å². The Balaban J connectivity index is 2.90. The van der Waals surface area contributed by atoms with Gasteiger partial charge in [-0.3, -0.25) is 14.4 Å². The smallest absolute Gasteiger partial charge is 0.379 e. The van der Waals surface area contributed by atoms with Gasteiger partial charge in [0.05, 0.1) is 13.0 Å². The molecule has 5 atom stereocenters. The summed E-state index contributed by atoms with van der Waals surface area (Å²) in [7, 11) is 0. The molecule has 0 aromatic carbocycles. The van der Waals surface area contributed by atoms with Crippen molar-refractivity contribution >= 4 is 29.7 Å². The SMILES string of the molecule is O=C(O)CC(C(=O)O)C(O)C(=O)OC1C(=O)C(=O)O[C@@H]1[C@@H](O)CO. The zero-order chi connectivity index (χ0) is 18.6. The minimum atomic E-state index is -2.45. The number of carbonyl (C=O) groups excluding carboxylic acids is 3.